The molecule has 0 radical (unpaired) electrons. The smallest absolute Gasteiger partial charge is 0.0256 e. The van der Waals surface area contributed by atoms with Gasteiger partial charge in [0.25, 0.3) is 0 Å². The van der Waals surface area contributed by atoms with Crippen molar-refractivity contribution in [3.63, 3.8) is 0 Å². The molecule has 0 aliphatic heterocycles. The molecular formula is C14H19N. The lowest BCUT2D eigenvalue weighted by molar-refractivity contribution is 0.831. The molecule has 1 N–H and O–H groups in total. The zero-order valence-corrected chi connectivity index (χ0v) is 9.75. The van der Waals surface area contributed by atoms with Gasteiger partial charge in [0.15, 0.2) is 0 Å². The molecule has 0 heterocycles. The van der Waals surface area contributed by atoms with E-state index in [1.54, 1.807) is 0 Å². The molecule has 0 unspecified atom stereocenters. The van der Waals surface area contributed by atoms with Crippen molar-refractivity contribution in [1.29, 1.82) is 5.41 Å². The third-order valence-electron chi connectivity index (χ3n) is 2.34. The van der Waals surface area contributed by atoms with E-state index in [1.165, 1.54) is 11.8 Å². The zero-order valence-electron chi connectivity index (χ0n) is 9.75. The Bertz CT molecular complexity index is 352. The van der Waals surface area contributed by atoms with Crippen LogP contribution in [0.5, 0.6) is 0 Å². The van der Waals surface area contributed by atoms with Gasteiger partial charge in [-0.25, -0.2) is 0 Å². The third-order valence-corrected chi connectivity index (χ3v) is 2.34. The van der Waals surface area contributed by atoms with Crippen LogP contribution in [0.3, 0.4) is 0 Å². The van der Waals surface area contributed by atoms with E-state index in [9.17, 15) is 0 Å². The molecule has 0 spiro atoms. The number of hydrogen-bond donors (Lipinski definition) is 1. The van der Waals surface area contributed by atoms with Crippen molar-refractivity contribution in [2.75, 3.05) is 0 Å². The molecule has 1 aliphatic rings. The Kier molecular flexibility index (Phi) is 4.29. The van der Waals surface area contributed by atoms with Crippen LogP contribution in [0, 0.1) is 11.3 Å². The van der Waals surface area contributed by atoms with Crippen LogP contribution in [0.15, 0.2) is 47.1 Å². The summed E-state index contributed by atoms with van der Waals surface area (Å²) in [6.07, 6.45) is 13.0. The van der Waals surface area contributed by atoms with Crippen LogP contribution in [-0.4, -0.2) is 6.21 Å². The molecule has 1 rings (SSSR count). The highest BCUT2D eigenvalue weighted by molar-refractivity contribution is 5.84. The van der Waals surface area contributed by atoms with E-state index in [-0.39, 0.29) is 0 Å². The molecule has 0 atom stereocenters. The van der Waals surface area contributed by atoms with E-state index in [1.807, 2.05) is 6.08 Å². The van der Waals surface area contributed by atoms with Crippen molar-refractivity contribution in [2.45, 2.75) is 27.2 Å². The van der Waals surface area contributed by atoms with E-state index in [0.29, 0.717) is 5.92 Å². The van der Waals surface area contributed by atoms with E-state index in [0.717, 1.165) is 17.6 Å². The van der Waals surface area contributed by atoms with Crippen LogP contribution in [0.4, 0.5) is 0 Å². The van der Waals surface area contributed by atoms with Crippen molar-refractivity contribution in [3.8, 4) is 0 Å². The van der Waals surface area contributed by atoms with Gasteiger partial charge in [0, 0.05) is 6.21 Å². The maximum Gasteiger partial charge on any atom is 0.0256 e. The third kappa shape index (κ3) is 3.70. The monoisotopic (exact) mass is 201 g/mol. The first kappa shape index (κ1) is 11.7. The highest BCUT2D eigenvalue weighted by Crippen LogP contribution is 2.18. The Morgan fingerprint density at radius 2 is 2.00 bits per heavy atom. The molecule has 1 heteroatoms. The van der Waals surface area contributed by atoms with Crippen molar-refractivity contribution < 1.29 is 0 Å². The zero-order chi connectivity index (χ0) is 11.3. The molecule has 0 aromatic rings. The van der Waals surface area contributed by atoms with Crippen LogP contribution >= 0.6 is 0 Å². The van der Waals surface area contributed by atoms with Gasteiger partial charge in [0.2, 0.25) is 0 Å². The van der Waals surface area contributed by atoms with Crippen molar-refractivity contribution >= 4 is 6.21 Å². The second-order valence-corrected chi connectivity index (χ2v) is 4.25. The summed E-state index contributed by atoms with van der Waals surface area (Å²) in [5.74, 6) is 0.551. The first-order valence-electron chi connectivity index (χ1n) is 5.40. The van der Waals surface area contributed by atoms with Crippen LogP contribution in [0.2, 0.25) is 0 Å². The van der Waals surface area contributed by atoms with Gasteiger partial charge in [-0.05, 0) is 30.4 Å². The molecule has 1 aliphatic carbocycles. The fourth-order valence-corrected chi connectivity index (χ4v) is 1.38. The van der Waals surface area contributed by atoms with Gasteiger partial charge in [-0.15, -0.1) is 0 Å². The number of allylic oxidation sites excluding steroid dienone is 8. The minimum atomic E-state index is 0.551. The Hall–Kier alpha value is -1.37. The molecule has 0 aromatic heterocycles. The van der Waals surface area contributed by atoms with Crippen molar-refractivity contribution in [3.05, 3.63) is 47.1 Å². The molecule has 15 heavy (non-hydrogen) atoms. The molecule has 0 amide bonds. The minimum absolute atomic E-state index is 0.551. The van der Waals surface area contributed by atoms with E-state index >= 15 is 0 Å². The minimum Gasteiger partial charge on any atom is -0.308 e. The second kappa shape index (κ2) is 5.50. The fourth-order valence-electron chi connectivity index (χ4n) is 1.38. The Morgan fingerprint density at radius 3 is 2.60 bits per heavy atom. The Balaban J connectivity index is 2.92. The van der Waals surface area contributed by atoms with E-state index in [2.05, 4.69) is 45.1 Å². The Labute approximate surface area is 92.4 Å². The lowest BCUT2D eigenvalue weighted by Crippen LogP contribution is -1.88. The van der Waals surface area contributed by atoms with Crippen LogP contribution < -0.4 is 0 Å². The van der Waals surface area contributed by atoms with Crippen LogP contribution in [0.1, 0.15) is 27.2 Å². The predicted octanol–water partition coefficient (Wildman–Crippen LogP) is 4.05. The quantitative estimate of drug-likeness (QED) is 0.666. The summed E-state index contributed by atoms with van der Waals surface area (Å²) in [5, 5.41) is 7.38. The lowest BCUT2D eigenvalue weighted by atomic mass is 10.0. The van der Waals surface area contributed by atoms with Gasteiger partial charge >= 0.3 is 0 Å². The molecular weight excluding hydrogens is 182 g/mol. The number of nitrogens with one attached hydrogen (secondary N) is 1. The first-order chi connectivity index (χ1) is 7.13. The average Bonchev–Trinajstić information content (AvgIpc) is 2.37. The van der Waals surface area contributed by atoms with Gasteiger partial charge in [0.1, 0.15) is 0 Å². The summed E-state index contributed by atoms with van der Waals surface area (Å²) in [4.78, 5) is 0. The second-order valence-electron chi connectivity index (χ2n) is 4.25. The largest absolute Gasteiger partial charge is 0.308 e. The number of rotatable bonds is 3. The molecule has 0 fully saturated rings. The van der Waals surface area contributed by atoms with Gasteiger partial charge in [-0.3, -0.25) is 0 Å². The standard InChI is InChI=1S/C14H19N/c1-11(2)4-7-13-8-5-12(3)6-9-14(13)10-15/h4,6-11,15H,5H2,1-3H3/b7-4-,15-10?. The van der Waals surface area contributed by atoms with E-state index < -0.39 is 0 Å². The summed E-state index contributed by atoms with van der Waals surface area (Å²) in [7, 11) is 0. The summed E-state index contributed by atoms with van der Waals surface area (Å²) >= 11 is 0. The highest BCUT2D eigenvalue weighted by atomic mass is 14.3. The SMILES string of the molecule is CC1=CC=C(C=N)C(/C=C\C(C)C)=CC1. The first-order valence-corrected chi connectivity index (χ1v) is 5.40. The fraction of sp³-hybridized carbons (Fsp3) is 0.357. The van der Waals surface area contributed by atoms with Gasteiger partial charge < -0.3 is 5.41 Å². The summed E-state index contributed by atoms with van der Waals surface area (Å²) in [6.45, 7) is 6.43. The van der Waals surface area contributed by atoms with Gasteiger partial charge in [0.05, 0.1) is 0 Å². The molecule has 0 aromatic carbocycles. The van der Waals surface area contributed by atoms with Crippen molar-refractivity contribution in [1.82, 2.24) is 0 Å². The van der Waals surface area contributed by atoms with Crippen LogP contribution in [-0.2, 0) is 0 Å². The van der Waals surface area contributed by atoms with Gasteiger partial charge in [-0.1, -0.05) is 49.8 Å². The summed E-state index contributed by atoms with van der Waals surface area (Å²) in [5.41, 5.74) is 3.48. The van der Waals surface area contributed by atoms with Crippen LogP contribution in [0.25, 0.3) is 0 Å². The highest BCUT2D eigenvalue weighted by Gasteiger charge is 2.02. The van der Waals surface area contributed by atoms with Gasteiger partial charge in [-0.2, -0.15) is 0 Å². The molecule has 0 saturated carbocycles. The van der Waals surface area contributed by atoms with Crippen molar-refractivity contribution in [2.24, 2.45) is 5.92 Å². The summed E-state index contributed by atoms with van der Waals surface area (Å²) < 4.78 is 0. The summed E-state index contributed by atoms with van der Waals surface area (Å²) in [6, 6.07) is 0. The topological polar surface area (TPSA) is 23.9 Å². The lowest BCUT2D eigenvalue weighted by Gasteiger charge is -2.01. The predicted molar refractivity (Wildman–Crippen MR) is 67.3 cm³/mol. The molecule has 1 nitrogen and oxygen atoms in total. The van der Waals surface area contributed by atoms with E-state index in [4.69, 9.17) is 5.41 Å². The average molecular weight is 201 g/mol. The molecule has 0 saturated heterocycles. The maximum absolute atomic E-state index is 7.38. The maximum atomic E-state index is 7.38. The molecule has 0 bridgehead atoms. The number of hydrogen-bond acceptors (Lipinski definition) is 1. The Morgan fingerprint density at radius 1 is 1.27 bits per heavy atom. The molecule has 80 valence electrons. The normalized spacial score (nSPS) is 17.2.